The lowest BCUT2D eigenvalue weighted by molar-refractivity contribution is -0.118. The fraction of sp³-hybridized carbons (Fsp3) is 0.500. The smallest absolute Gasteiger partial charge is 0.255 e. The number of benzene rings is 1. The number of amides is 1. The molecule has 1 saturated heterocycles. The highest BCUT2D eigenvalue weighted by molar-refractivity contribution is 6.34. The highest BCUT2D eigenvalue weighted by atomic mass is 35.5. The Bertz CT molecular complexity index is 502. The average molecular weight is 283 g/mol. The van der Waals surface area contributed by atoms with Crippen LogP contribution in [0.4, 0.5) is 5.69 Å². The van der Waals surface area contributed by atoms with Crippen molar-refractivity contribution in [3.05, 3.63) is 28.8 Å². The average Bonchev–Trinajstić information content (AvgIpc) is 2.25. The Labute approximate surface area is 118 Å². The molecule has 1 fully saturated rings. The Hall–Kier alpha value is -1.26. The minimum absolute atomic E-state index is 0.0141. The molecule has 0 bridgehead atoms. The summed E-state index contributed by atoms with van der Waals surface area (Å²) in [6.45, 7) is 7.05. The van der Waals surface area contributed by atoms with Gasteiger partial charge in [-0.25, -0.2) is 0 Å². The van der Waals surface area contributed by atoms with Gasteiger partial charge in [0.25, 0.3) is 5.91 Å². The van der Waals surface area contributed by atoms with E-state index in [-0.39, 0.29) is 17.6 Å². The van der Waals surface area contributed by atoms with E-state index in [4.69, 9.17) is 22.1 Å². The van der Waals surface area contributed by atoms with Crippen molar-refractivity contribution in [1.29, 1.82) is 0 Å². The van der Waals surface area contributed by atoms with Crippen LogP contribution in [0.3, 0.4) is 0 Å². The monoisotopic (exact) mass is 282 g/mol. The number of rotatable bonds is 1. The topological polar surface area (TPSA) is 55.6 Å². The van der Waals surface area contributed by atoms with Crippen molar-refractivity contribution >= 4 is 23.2 Å². The summed E-state index contributed by atoms with van der Waals surface area (Å²) < 4.78 is 5.79. The quantitative estimate of drug-likeness (QED) is 0.806. The van der Waals surface area contributed by atoms with Gasteiger partial charge in [0.15, 0.2) is 0 Å². The lowest BCUT2D eigenvalue weighted by Crippen LogP contribution is -2.53. The van der Waals surface area contributed by atoms with Crippen molar-refractivity contribution in [2.24, 2.45) is 0 Å². The van der Waals surface area contributed by atoms with E-state index in [1.54, 1.807) is 23.1 Å². The lowest BCUT2D eigenvalue weighted by Gasteiger charge is -2.41. The molecule has 0 saturated carbocycles. The van der Waals surface area contributed by atoms with Crippen molar-refractivity contribution in [1.82, 2.24) is 4.90 Å². The molecule has 1 aliphatic rings. The van der Waals surface area contributed by atoms with Crippen LogP contribution in [0.25, 0.3) is 0 Å². The van der Waals surface area contributed by atoms with Gasteiger partial charge in [-0.3, -0.25) is 4.79 Å². The number of morpholine rings is 1. The number of ether oxygens (including phenoxy) is 1. The fourth-order valence-corrected chi connectivity index (χ4v) is 2.75. The highest BCUT2D eigenvalue weighted by Gasteiger charge is 2.34. The maximum Gasteiger partial charge on any atom is 0.255 e. The van der Waals surface area contributed by atoms with E-state index in [9.17, 15) is 4.79 Å². The van der Waals surface area contributed by atoms with E-state index in [1.165, 1.54) is 0 Å². The Kier molecular flexibility index (Phi) is 3.74. The molecule has 0 radical (unpaired) electrons. The van der Waals surface area contributed by atoms with Crippen molar-refractivity contribution in [2.45, 2.75) is 32.5 Å². The van der Waals surface area contributed by atoms with Gasteiger partial charge in [0.05, 0.1) is 22.3 Å². The van der Waals surface area contributed by atoms with Crippen LogP contribution in [-0.4, -0.2) is 35.6 Å². The predicted octanol–water partition coefficient (Wildman–Crippen LogP) is 2.56. The zero-order valence-corrected chi connectivity index (χ0v) is 12.2. The van der Waals surface area contributed by atoms with Gasteiger partial charge in [-0.1, -0.05) is 11.6 Å². The molecule has 1 aromatic carbocycles. The van der Waals surface area contributed by atoms with Crippen molar-refractivity contribution in [2.75, 3.05) is 18.8 Å². The molecule has 1 amide bonds. The summed E-state index contributed by atoms with van der Waals surface area (Å²) in [5.41, 5.74) is 6.34. The molecule has 1 aromatic rings. The molecule has 0 aromatic heterocycles. The maximum absolute atomic E-state index is 12.5. The summed E-state index contributed by atoms with van der Waals surface area (Å²) in [5.74, 6) is -0.0757. The number of hydrogen-bond acceptors (Lipinski definition) is 3. The second-order valence-electron chi connectivity index (χ2n) is 5.61. The molecule has 104 valence electrons. The van der Waals surface area contributed by atoms with Gasteiger partial charge in [0.2, 0.25) is 0 Å². The summed E-state index contributed by atoms with van der Waals surface area (Å²) in [6, 6.07) is 4.96. The van der Waals surface area contributed by atoms with Crippen LogP contribution in [0.2, 0.25) is 5.02 Å². The van der Waals surface area contributed by atoms with Gasteiger partial charge < -0.3 is 15.4 Å². The van der Waals surface area contributed by atoms with Crippen LogP contribution in [0, 0.1) is 0 Å². The molecule has 1 unspecified atom stereocenters. The van der Waals surface area contributed by atoms with Crippen LogP contribution in [0.15, 0.2) is 18.2 Å². The molecule has 2 N–H and O–H groups in total. The molecule has 4 nitrogen and oxygen atoms in total. The Morgan fingerprint density at radius 2 is 2.21 bits per heavy atom. The predicted molar refractivity (Wildman–Crippen MR) is 76.4 cm³/mol. The van der Waals surface area contributed by atoms with Crippen LogP contribution in [0.5, 0.6) is 0 Å². The first-order valence-electron chi connectivity index (χ1n) is 6.30. The van der Waals surface area contributed by atoms with Crippen LogP contribution >= 0.6 is 11.6 Å². The number of halogens is 1. The van der Waals surface area contributed by atoms with Crippen molar-refractivity contribution < 1.29 is 9.53 Å². The van der Waals surface area contributed by atoms with Gasteiger partial charge in [-0.2, -0.15) is 0 Å². The molecular formula is C14H19ClN2O2. The van der Waals surface area contributed by atoms with Crippen molar-refractivity contribution in [3.8, 4) is 0 Å². The minimum Gasteiger partial charge on any atom is -0.399 e. The highest BCUT2D eigenvalue weighted by Crippen LogP contribution is 2.25. The molecule has 1 aliphatic heterocycles. The Morgan fingerprint density at radius 3 is 2.79 bits per heavy atom. The van der Waals surface area contributed by atoms with E-state index >= 15 is 0 Å². The van der Waals surface area contributed by atoms with E-state index < -0.39 is 0 Å². The van der Waals surface area contributed by atoms with E-state index in [1.807, 2.05) is 20.8 Å². The zero-order chi connectivity index (χ0) is 14.2. The van der Waals surface area contributed by atoms with Crippen molar-refractivity contribution in [3.63, 3.8) is 0 Å². The normalized spacial score (nSPS) is 22.3. The van der Waals surface area contributed by atoms with Gasteiger partial charge in [0, 0.05) is 18.8 Å². The Morgan fingerprint density at radius 1 is 1.53 bits per heavy atom. The first kappa shape index (κ1) is 14.2. The fourth-order valence-electron chi connectivity index (χ4n) is 2.48. The van der Waals surface area contributed by atoms with Crippen LogP contribution in [-0.2, 0) is 4.74 Å². The number of nitrogen functional groups attached to an aromatic ring is 1. The molecule has 19 heavy (non-hydrogen) atoms. The number of nitrogens with two attached hydrogens (primary N) is 1. The number of carbonyl (C=O) groups excluding carboxylic acids is 1. The number of hydrogen-bond donors (Lipinski definition) is 1. The Balaban J connectivity index is 2.24. The molecular weight excluding hydrogens is 264 g/mol. The largest absolute Gasteiger partial charge is 0.399 e. The van der Waals surface area contributed by atoms with Gasteiger partial charge in [0.1, 0.15) is 0 Å². The molecule has 2 rings (SSSR count). The lowest BCUT2D eigenvalue weighted by atomic mass is 10.0. The summed E-state index contributed by atoms with van der Waals surface area (Å²) in [7, 11) is 0. The van der Waals surface area contributed by atoms with E-state index in [2.05, 4.69) is 0 Å². The summed E-state index contributed by atoms with van der Waals surface area (Å²) in [5, 5.41) is 0.391. The van der Waals surface area contributed by atoms with Gasteiger partial charge >= 0.3 is 0 Å². The van der Waals surface area contributed by atoms with Crippen LogP contribution in [0.1, 0.15) is 31.1 Å². The molecule has 1 atom stereocenters. The summed E-state index contributed by atoms with van der Waals surface area (Å²) in [6.07, 6.45) is 0.0141. The molecule has 1 heterocycles. The second kappa shape index (κ2) is 5.02. The standard InChI is InChI=1S/C14H19ClN2O2/c1-9-7-17(8-14(2,3)19-9)13(18)11-5-4-10(16)6-12(11)15/h4-6,9H,7-8,16H2,1-3H3. The number of carbonyl (C=O) groups is 1. The summed E-state index contributed by atoms with van der Waals surface area (Å²) >= 11 is 6.09. The number of anilines is 1. The second-order valence-corrected chi connectivity index (χ2v) is 6.02. The first-order chi connectivity index (χ1) is 8.78. The van der Waals surface area contributed by atoms with Gasteiger partial charge in [-0.05, 0) is 39.0 Å². The summed E-state index contributed by atoms with van der Waals surface area (Å²) in [4.78, 5) is 14.3. The van der Waals surface area contributed by atoms with E-state index in [0.29, 0.717) is 29.4 Å². The molecule has 0 aliphatic carbocycles. The minimum atomic E-state index is -0.340. The zero-order valence-electron chi connectivity index (χ0n) is 11.4. The third-order valence-electron chi connectivity index (χ3n) is 3.08. The van der Waals surface area contributed by atoms with E-state index in [0.717, 1.165) is 0 Å². The SMILES string of the molecule is CC1CN(C(=O)c2ccc(N)cc2Cl)CC(C)(C)O1. The molecule has 5 heteroatoms. The molecule has 0 spiro atoms. The maximum atomic E-state index is 12.5. The third kappa shape index (κ3) is 3.19. The first-order valence-corrected chi connectivity index (χ1v) is 6.68. The van der Waals surface area contributed by atoms with Crippen LogP contribution < -0.4 is 5.73 Å². The number of nitrogens with zero attached hydrogens (tertiary/aromatic N) is 1. The third-order valence-corrected chi connectivity index (χ3v) is 3.39. The van der Waals surface area contributed by atoms with Gasteiger partial charge in [-0.15, -0.1) is 0 Å².